The Morgan fingerprint density at radius 2 is 1.81 bits per heavy atom. The van der Waals surface area contributed by atoms with Crippen LogP contribution in [0.4, 0.5) is 0 Å². The van der Waals surface area contributed by atoms with Gasteiger partial charge in [0.1, 0.15) is 6.10 Å². The SMILES string of the molecule is CC(C)=CCC(OC(=O)CC(C)(O)C(C)C)c1ccc2ccccc2c1. The molecule has 0 bridgehead atoms. The summed E-state index contributed by atoms with van der Waals surface area (Å²) >= 11 is 0. The lowest BCUT2D eigenvalue weighted by Crippen LogP contribution is -2.34. The van der Waals surface area contributed by atoms with E-state index in [0.29, 0.717) is 6.42 Å². The fraction of sp³-hybridized carbons (Fsp3) is 0.435. The van der Waals surface area contributed by atoms with E-state index in [1.807, 2.05) is 45.9 Å². The summed E-state index contributed by atoms with van der Waals surface area (Å²) in [5.41, 5.74) is 1.08. The molecule has 0 radical (unpaired) electrons. The monoisotopic (exact) mass is 354 g/mol. The number of ether oxygens (including phenoxy) is 1. The second kappa shape index (κ2) is 8.50. The van der Waals surface area contributed by atoms with Crippen LogP contribution in [0.1, 0.15) is 59.1 Å². The van der Waals surface area contributed by atoms with Gasteiger partial charge in [-0.05, 0) is 49.1 Å². The standard InChI is InChI=1S/C23H30O3/c1-16(2)10-13-21(26-22(24)15-23(5,25)17(3)4)20-12-11-18-8-6-7-9-19(18)14-20/h6-12,14,17,21,25H,13,15H2,1-5H3. The van der Waals surface area contributed by atoms with E-state index in [4.69, 9.17) is 4.74 Å². The lowest BCUT2D eigenvalue weighted by Gasteiger charge is -2.27. The first-order chi connectivity index (χ1) is 12.2. The minimum absolute atomic E-state index is 0.0103. The van der Waals surface area contributed by atoms with Crippen LogP contribution in [-0.4, -0.2) is 16.7 Å². The van der Waals surface area contributed by atoms with E-state index in [1.54, 1.807) is 6.92 Å². The zero-order valence-electron chi connectivity index (χ0n) is 16.5. The maximum atomic E-state index is 12.5. The Labute approximate surface area is 156 Å². The molecule has 2 aromatic carbocycles. The average Bonchev–Trinajstić information content (AvgIpc) is 2.57. The molecule has 3 nitrogen and oxygen atoms in total. The van der Waals surface area contributed by atoms with E-state index >= 15 is 0 Å². The fourth-order valence-corrected chi connectivity index (χ4v) is 2.70. The highest BCUT2D eigenvalue weighted by atomic mass is 16.5. The third-order valence-electron chi connectivity index (χ3n) is 4.91. The quantitative estimate of drug-likeness (QED) is 0.522. The van der Waals surface area contributed by atoms with Gasteiger partial charge in [-0.2, -0.15) is 0 Å². The van der Waals surface area contributed by atoms with Crippen LogP contribution in [0, 0.1) is 5.92 Å². The van der Waals surface area contributed by atoms with Crippen LogP contribution in [0.5, 0.6) is 0 Å². The minimum Gasteiger partial charge on any atom is -0.457 e. The number of esters is 1. The van der Waals surface area contributed by atoms with E-state index in [0.717, 1.165) is 16.3 Å². The minimum atomic E-state index is -1.07. The van der Waals surface area contributed by atoms with Gasteiger partial charge in [0, 0.05) is 6.42 Å². The van der Waals surface area contributed by atoms with Crippen molar-refractivity contribution in [3.63, 3.8) is 0 Å². The van der Waals surface area contributed by atoms with Crippen molar-refractivity contribution in [1.82, 2.24) is 0 Å². The van der Waals surface area contributed by atoms with Crippen LogP contribution in [0.3, 0.4) is 0 Å². The lowest BCUT2D eigenvalue weighted by molar-refractivity contribution is -0.156. The molecule has 2 aromatic rings. The van der Waals surface area contributed by atoms with Gasteiger partial charge in [-0.3, -0.25) is 4.79 Å². The van der Waals surface area contributed by atoms with Crippen molar-refractivity contribution >= 4 is 16.7 Å². The molecule has 0 spiro atoms. The van der Waals surface area contributed by atoms with E-state index < -0.39 is 5.60 Å². The molecule has 26 heavy (non-hydrogen) atoms. The van der Waals surface area contributed by atoms with Crippen molar-refractivity contribution in [2.45, 2.75) is 59.2 Å². The summed E-state index contributed by atoms with van der Waals surface area (Å²) in [6, 6.07) is 14.3. The number of hydrogen-bond donors (Lipinski definition) is 1. The number of fused-ring (bicyclic) bond motifs is 1. The van der Waals surface area contributed by atoms with Crippen LogP contribution in [0.25, 0.3) is 10.8 Å². The summed E-state index contributed by atoms with van der Waals surface area (Å²) in [7, 11) is 0. The second-order valence-electron chi connectivity index (χ2n) is 7.79. The molecule has 0 amide bonds. The molecule has 2 atom stereocenters. The van der Waals surface area contributed by atoms with Gasteiger partial charge in [0.05, 0.1) is 12.0 Å². The van der Waals surface area contributed by atoms with E-state index in [9.17, 15) is 9.90 Å². The third-order valence-corrected chi connectivity index (χ3v) is 4.91. The van der Waals surface area contributed by atoms with Crippen molar-refractivity contribution in [2.24, 2.45) is 5.92 Å². The topological polar surface area (TPSA) is 46.5 Å². The summed E-state index contributed by atoms with van der Waals surface area (Å²) in [6.45, 7) is 9.54. The zero-order chi connectivity index (χ0) is 19.3. The summed E-state index contributed by atoms with van der Waals surface area (Å²) in [4.78, 5) is 12.5. The molecule has 0 heterocycles. The maximum absolute atomic E-state index is 12.5. The molecule has 2 unspecified atom stereocenters. The van der Waals surface area contributed by atoms with E-state index in [-0.39, 0.29) is 24.4 Å². The highest BCUT2D eigenvalue weighted by Crippen LogP contribution is 2.28. The third kappa shape index (κ3) is 5.43. The van der Waals surface area contributed by atoms with Gasteiger partial charge >= 0.3 is 5.97 Å². The van der Waals surface area contributed by atoms with Crippen LogP contribution >= 0.6 is 0 Å². The van der Waals surface area contributed by atoms with Crippen molar-refractivity contribution < 1.29 is 14.6 Å². The van der Waals surface area contributed by atoms with Crippen molar-refractivity contribution in [3.05, 3.63) is 59.7 Å². The molecule has 0 saturated heterocycles. The molecular weight excluding hydrogens is 324 g/mol. The molecule has 0 aliphatic carbocycles. The highest BCUT2D eigenvalue weighted by molar-refractivity contribution is 5.83. The Kier molecular flexibility index (Phi) is 6.60. The Hall–Kier alpha value is -2.13. The van der Waals surface area contributed by atoms with Crippen LogP contribution in [0.15, 0.2) is 54.1 Å². The normalized spacial score (nSPS) is 14.7. The van der Waals surface area contributed by atoms with Gasteiger partial charge in [0.25, 0.3) is 0 Å². The molecule has 0 aliphatic rings. The number of hydrogen-bond acceptors (Lipinski definition) is 3. The van der Waals surface area contributed by atoms with Gasteiger partial charge in [0.15, 0.2) is 0 Å². The largest absolute Gasteiger partial charge is 0.457 e. The first kappa shape index (κ1) is 20.2. The van der Waals surface area contributed by atoms with Crippen LogP contribution < -0.4 is 0 Å². The van der Waals surface area contributed by atoms with Crippen molar-refractivity contribution in [3.8, 4) is 0 Å². The summed E-state index contributed by atoms with van der Waals surface area (Å²) < 4.78 is 5.78. The number of benzene rings is 2. The molecule has 0 fully saturated rings. The molecule has 2 rings (SSSR count). The van der Waals surface area contributed by atoms with Crippen molar-refractivity contribution in [2.75, 3.05) is 0 Å². The molecular formula is C23H30O3. The first-order valence-electron chi connectivity index (χ1n) is 9.23. The van der Waals surface area contributed by atoms with Gasteiger partial charge in [-0.15, -0.1) is 0 Å². The number of allylic oxidation sites excluding steroid dienone is 1. The predicted octanol–water partition coefficient (Wildman–Crippen LogP) is 5.58. The predicted molar refractivity (Wildman–Crippen MR) is 107 cm³/mol. The summed E-state index contributed by atoms with van der Waals surface area (Å²) in [5.74, 6) is -0.393. The van der Waals surface area contributed by atoms with E-state index in [1.165, 1.54) is 5.57 Å². The van der Waals surface area contributed by atoms with Gasteiger partial charge < -0.3 is 9.84 Å². The summed E-state index contributed by atoms with van der Waals surface area (Å²) in [5, 5.41) is 12.7. The highest BCUT2D eigenvalue weighted by Gasteiger charge is 2.30. The summed E-state index contributed by atoms with van der Waals surface area (Å²) in [6.07, 6.45) is 2.33. The maximum Gasteiger partial charge on any atom is 0.309 e. The number of carbonyl (C=O) groups is 1. The van der Waals surface area contributed by atoms with Crippen LogP contribution in [-0.2, 0) is 9.53 Å². The van der Waals surface area contributed by atoms with Gasteiger partial charge in [-0.25, -0.2) is 0 Å². The average molecular weight is 354 g/mol. The second-order valence-corrected chi connectivity index (χ2v) is 7.79. The molecule has 1 N–H and O–H groups in total. The Morgan fingerprint density at radius 1 is 1.15 bits per heavy atom. The van der Waals surface area contributed by atoms with Gasteiger partial charge in [0.2, 0.25) is 0 Å². The van der Waals surface area contributed by atoms with Crippen LogP contribution in [0.2, 0.25) is 0 Å². The lowest BCUT2D eigenvalue weighted by atomic mass is 9.89. The number of rotatable bonds is 7. The van der Waals surface area contributed by atoms with E-state index in [2.05, 4.69) is 30.3 Å². The Morgan fingerprint density at radius 3 is 2.42 bits per heavy atom. The zero-order valence-corrected chi connectivity index (χ0v) is 16.5. The fourth-order valence-electron chi connectivity index (χ4n) is 2.70. The number of carbonyl (C=O) groups excluding carboxylic acids is 1. The molecule has 0 saturated carbocycles. The number of aliphatic hydroxyl groups is 1. The molecule has 0 aromatic heterocycles. The smallest absolute Gasteiger partial charge is 0.309 e. The van der Waals surface area contributed by atoms with Crippen molar-refractivity contribution in [1.29, 1.82) is 0 Å². The van der Waals surface area contributed by atoms with Gasteiger partial charge in [-0.1, -0.05) is 61.9 Å². The molecule has 140 valence electrons. The first-order valence-corrected chi connectivity index (χ1v) is 9.23. The Balaban J connectivity index is 2.24. The Bertz CT molecular complexity index is 783. The molecule has 0 aliphatic heterocycles. The molecule has 3 heteroatoms.